The second kappa shape index (κ2) is 5.55. The van der Waals surface area contributed by atoms with Crippen molar-refractivity contribution in [1.29, 1.82) is 0 Å². The highest BCUT2D eigenvalue weighted by atomic mass is 19.1. The molecule has 0 aliphatic heterocycles. The number of rotatable bonds is 5. The van der Waals surface area contributed by atoms with Gasteiger partial charge in [-0.25, -0.2) is 0 Å². The van der Waals surface area contributed by atoms with Crippen LogP contribution in [0.25, 0.3) is 0 Å². The third-order valence-corrected chi connectivity index (χ3v) is 2.04. The summed E-state index contributed by atoms with van der Waals surface area (Å²) >= 11 is 0. The van der Waals surface area contributed by atoms with Crippen LogP contribution in [0.1, 0.15) is 53.4 Å². The second-order valence-electron chi connectivity index (χ2n) is 5.05. The fourth-order valence-corrected chi connectivity index (χ4v) is 1.73. The molecule has 1 heteroatoms. The van der Waals surface area contributed by atoms with E-state index in [1.54, 1.807) is 0 Å². The zero-order valence-electron chi connectivity index (χ0n) is 8.99. The second-order valence-corrected chi connectivity index (χ2v) is 5.05. The molecule has 0 aliphatic carbocycles. The molecule has 0 radical (unpaired) electrons. The van der Waals surface area contributed by atoms with Gasteiger partial charge >= 0.3 is 0 Å². The van der Waals surface area contributed by atoms with Crippen LogP contribution in [0.3, 0.4) is 0 Å². The van der Waals surface area contributed by atoms with Gasteiger partial charge in [0, 0.05) is 0 Å². The molecule has 0 unspecified atom stereocenters. The Balaban J connectivity index is 3.40. The summed E-state index contributed by atoms with van der Waals surface area (Å²) in [5.74, 6) is 0.747. The molecule has 0 bridgehead atoms. The lowest BCUT2D eigenvalue weighted by molar-refractivity contribution is 0.289. The third kappa shape index (κ3) is 8.03. The van der Waals surface area contributed by atoms with E-state index in [9.17, 15) is 4.39 Å². The Morgan fingerprint density at radius 3 is 2.17 bits per heavy atom. The lowest BCUT2D eigenvalue weighted by Crippen LogP contribution is -2.10. The lowest BCUT2D eigenvalue weighted by atomic mass is 9.83. The molecule has 0 aromatic heterocycles. The van der Waals surface area contributed by atoms with Crippen molar-refractivity contribution in [3.05, 3.63) is 0 Å². The normalized spacial score (nSPS) is 14.8. The van der Waals surface area contributed by atoms with Gasteiger partial charge < -0.3 is 0 Å². The van der Waals surface area contributed by atoms with E-state index in [1.165, 1.54) is 12.8 Å². The highest BCUT2D eigenvalue weighted by Gasteiger charge is 2.14. The smallest absolute Gasteiger partial charge is 0.0894 e. The average Bonchev–Trinajstić information content (AvgIpc) is 1.84. The van der Waals surface area contributed by atoms with Gasteiger partial charge in [-0.3, -0.25) is 4.39 Å². The molecule has 0 nitrogen and oxygen atoms in total. The molecule has 0 spiro atoms. The lowest BCUT2D eigenvalue weighted by Gasteiger charge is -2.22. The number of unbranched alkanes of at least 4 members (excludes halogenated alkanes) is 1. The third-order valence-electron chi connectivity index (χ3n) is 2.04. The van der Waals surface area contributed by atoms with Gasteiger partial charge in [-0.05, 0) is 24.2 Å². The van der Waals surface area contributed by atoms with E-state index in [1.807, 2.05) is 0 Å². The molecule has 0 heterocycles. The van der Waals surface area contributed by atoms with Crippen molar-refractivity contribution in [2.75, 3.05) is 6.67 Å². The first kappa shape index (κ1) is 11.9. The molecule has 0 aromatic rings. The summed E-state index contributed by atoms with van der Waals surface area (Å²) in [4.78, 5) is 0. The van der Waals surface area contributed by atoms with Crippen molar-refractivity contribution >= 4 is 0 Å². The van der Waals surface area contributed by atoms with E-state index in [0.717, 1.165) is 18.8 Å². The Morgan fingerprint density at radius 1 is 1.17 bits per heavy atom. The topological polar surface area (TPSA) is 0 Å². The fourth-order valence-electron chi connectivity index (χ4n) is 1.73. The Labute approximate surface area is 76.6 Å². The molecule has 0 saturated heterocycles. The van der Waals surface area contributed by atoms with E-state index in [-0.39, 0.29) is 6.67 Å². The Kier molecular flexibility index (Phi) is 5.52. The summed E-state index contributed by atoms with van der Waals surface area (Å²) in [5, 5.41) is 0. The van der Waals surface area contributed by atoms with Gasteiger partial charge in [0.05, 0.1) is 6.67 Å². The van der Waals surface area contributed by atoms with Crippen molar-refractivity contribution in [2.24, 2.45) is 11.3 Å². The van der Waals surface area contributed by atoms with Crippen LogP contribution in [-0.2, 0) is 0 Å². The van der Waals surface area contributed by atoms with Crippen molar-refractivity contribution in [1.82, 2.24) is 0 Å². The van der Waals surface area contributed by atoms with Crippen LogP contribution in [0, 0.1) is 11.3 Å². The maximum Gasteiger partial charge on any atom is 0.0894 e. The molecule has 0 fully saturated rings. The van der Waals surface area contributed by atoms with Crippen LogP contribution in [0.4, 0.5) is 4.39 Å². The highest BCUT2D eigenvalue weighted by molar-refractivity contribution is 4.66. The van der Waals surface area contributed by atoms with E-state index < -0.39 is 0 Å². The monoisotopic (exact) mass is 174 g/mol. The molecule has 0 aromatic carbocycles. The minimum atomic E-state index is -0.151. The Bertz CT molecular complexity index is 102. The van der Waals surface area contributed by atoms with E-state index in [0.29, 0.717) is 5.41 Å². The predicted molar refractivity (Wildman–Crippen MR) is 53.1 cm³/mol. The van der Waals surface area contributed by atoms with E-state index in [2.05, 4.69) is 27.7 Å². The number of alkyl halides is 1. The summed E-state index contributed by atoms with van der Waals surface area (Å²) < 4.78 is 11.8. The van der Waals surface area contributed by atoms with Crippen molar-refractivity contribution in [2.45, 2.75) is 53.4 Å². The summed E-state index contributed by atoms with van der Waals surface area (Å²) in [7, 11) is 0. The Morgan fingerprint density at radius 2 is 1.75 bits per heavy atom. The predicted octanol–water partition coefficient (Wildman–Crippen LogP) is 4.20. The molecular formula is C11H23F. The van der Waals surface area contributed by atoms with Crippen LogP contribution in [0.2, 0.25) is 0 Å². The summed E-state index contributed by atoms with van der Waals surface area (Å²) in [5.41, 5.74) is 0.426. The average molecular weight is 174 g/mol. The number of hydrogen-bond donors (Lipinski definition) is 0. The van der Waals surface area contributed by atoms with Crippen molar-refractivity contribution < 1.29 is 4.39 Å². The van der Waals surface area contributed by atoms with Gasteiger partial charge in [0.25, 0.3) is 0 Å². The highest BCUT2D eigenvalue weighted by Crippen LogP contribution is 2.26. The SMILES string of the molecule is C[C@@H](CCCCF)CC(C)(C)C. The minimum Gasteiger partial charge on any atom is -0.251 e. The molecule has 0 rings (SSSR count). The van der Waals surface area contributed by atoms with Gasteiger partial charge in [-0.15, -0.1) is 0 Å². The zero-order chi connectivity index (χ0) is 9.61. The fraction of sp³-hybridized carbons (Fsp3) is 1.00. The molecular weight excluding hydrogens is 151 g/mol. The van der Waals surface area contributed by atoms with Gasteiger partial charge in [0.15, 0.2) is 0 Å². The summed E-state index contributed by atoms with van der Waals surface area (Å²) in [6.07, 6.45) is 4.22. The molecule has 12 heavy (non-hydrogen) atoms. The number of hydrogen-bond acceptors (Lipinski definition) is 0. The van der Waals surface area contributed by atoms with Crippen LogP contribution < -0.4 is 0 Å². The standard InChI is InChI=1S/C11H23F/c1-10(7-5-6-8-12)9-11(2,3)4/h10H,5-9H2,1-4H3/t10-/m0/s1. The molecule has 74 valence electrons. The van der Waals surface area contributed by atoms with Crippen molar-refractivity contribution in [3.8, 4) is 0 Å². The first-order chi connectivity index (χ1) is 5.45. The van der Waals surface area contributed by atoms with E-state index >= 15 is 0 Å². The first-order valence-electron chi connectivity index (χ1n) is 5.01. The Hall–Kier alpha value is -0.0700. The van der Waals surface area contributed by atoms with Crippen LogP contribution in [0.5, 0.6) is 0 Å². The molecule has 1 atom stereocenters. The molecule has 0 N–H and O–H groups in total. The van der Waals surface area contributed by atoms with Gasteiger partial charge in [-0.2, -0.15) is 0 Å². The maximum absolute atomic E-state index is 11.8. The summed E-state index contributed by atoms with van der Waals surface area (Å²) in [6.45, 7) is 8.90. The largest absolute Gasteiger partial charge is 0.251 e. The van der Waals surface area contributed by atoms with Crippen LogP contribution in [-0.4, -0.2) is 6.67 Å². The number of halogens is 1. The van der Waals surface area contributed by atoms with Gasteiger partial charge in [0.2, 0.25) is 0 Å². The quantitative estimate of drug-likeness (QED) is 0.548. The van der Waals surface area contributed by atoms with Crippen LogP contribution >= 0.6 is 0 Å². The first-order valence-corrected chi connectivity index (χ1v) is 5.01. The molecule has 0 aliphatic rings. The minimum absolute atomic E-state index is 0.151. The zero-order valence-corrected chi connectivity index (χ0v) is 8.99. The van der Waals surface area contributed by atoms with Gasteiger partial charge in [-0.1, -0.05) is 40.5 Å². The van der Waals surface area contributed by atoms with Gasteiger partial charge in [0.1, 0.15) is 0 Å². The molecule has 0 amide bonds. The van der Waals surface area contributed by atoms with Crippen molar-refractivity contribution in [3.63, 3.8) is 0 Å². The maximum atomic E-state index is 11.8. The molecule has 0 saturated carbocycles. The van der Waals surface area contributed by atoms with Crippen LogP contribution in [0.15, 0.2) is 0 Å². The van der Waals surface area contributed by atoms with E-state index in [4.69, 9.17) is 0 Å². The summed E-state index contributed by atoms with van der Waals surface area (Å²) in [6, 6.07) is 0.